The summed E-state index contributed by atoms with van der Waals surface area (Å²) in [6, 6.07) is 12.0. The van der Waals surface area contributed by atoms with Gasteiger partial charge in [0.15, 0.2) is 11.0 Å². The molecule has 1 aliphatic rings. The summed E-state index contributed by atoms with van der Waals surface area (Å²) in [5, 5.41) is 9.79. The number of thioether (sulfide) groups is 1. The van der Waals surface area contributed by atoms with Crippen molar-refractivity contribution < 1.29 is 13.9 Å². The molecule has 0 N–H and O–H groups in total. The maximum Gasteiger partial charge on any atom is 0.233 e. The molecule has 2 aromatic heterocycles. The number of furan rings is 1. The highest BCUT2D eigenvalue weighted by atomic mass is 32.2. The normalized spacial score (nSPS) is 14.5. The summed E-state index contributed by atoms with van der Waals surface area (Å²) >= 11 is 1.46. The number of carbonyl (C=O) groups is 1. The number of benzene rings is 1. The van der Waals surface area contributed by atoms with Crippen LogP contribution in [0.2, 0.25) is 0 Å². The lowest BCUT2D eigenvalue weighted by atomic mass is 9.95. The smallest absolute Gasteiger partial charge is 0.233 e. The van der Waals surface area contributed by atoms with Crippen LogP contribution in [0.4, 0.5) is 0 Å². The molecular weight excluding hydrogens is 412 g/mol. The lowest BCUT2D eigenvalue weighted by Crippen LogP contribution is -2.27. The van der Waals surface area contributed by atoms with Crippen LogP contribution >= 0.6 is 11.8 Å². The standard InChI is InChI=1S/C23H28N4O3S/c1-26(15-20-9-6-14-30-20)21(28)16-31-23-25-24-22(17-10-12-19(29-2)13-11-17)27(23)18-7-4-3-5-8-18/h6,9-14,18H,3-5,7-8,15-16H2,1-2H3. The van der Waals surface area contributed by atoms with Crippen LogP contribution < -0.4 is 4.74 Å². The number of carbonyl (C=O) groups excluding carboxylic acids is 1. The summed E-state index contributed by atoms with van der Waals surface area (Å²) in [6.45, 7) is 0.457. The van der Waals surface area contributed by atoms with Gasteiger partial charge in [-0.05, 0) is 49.2 Å². The van der Waals surface area contributed by atoms with Crippen LogP contribution in [0.5, 0.6) is 5.75 Å². The second kappa shape index (κ2) is 10.0. The van der Waals surface area contributed by atoms with Crippen LogP contribution in [0.25, 0.3) is 11.4 Å². The van der Waals surface area contributed by atoms with Crippen molar-refractivity contribution in [3.63, 3.8) is 0 Å². The molecule has 0 bridgehead atoms. The predicted octanol–water partition coefficient (Wildman–Crippen LogP) is 4.80. The number of amides is 1. The van der Waals surface area contributed by atoms with Gasteiger partial charge in [-0.2, -0.15) is 0 Å². The molecule has 1 aromatic carbocycles. The monoisotopic (exact) mass is 440 g/mol. The van der Waals surface area contributed by atoms with Crippen molar-refractivity contribution >= 4 is 17.7 Å². The fourth-order valence-corrected chi connectivity index (χ4v) is 4.89. The molecule has 1 aliphatic carbocycles. The quantitative estimate of drug-likeness (QED) is 0.468. The Morgan fingerprint density at radius 2 is 1.97 bits per heavy atom. The largest absolute Gasteiger partial charge is 0.497 e. The van der Waals surface area contributed by atoms with Crippen molar-refractivity contribution in [3.05, 3.63) is 48.4 Å². The average Bonchev–Trinajstić information content (AvgIpc) is 3.48. The van der Waals surface area contributed by atoms with Gasteiger partial charge in [0.25, 0.3) is 0 Å². The van der Waals surface area contributed by atoms with Crippen LogP contribution in [0, 0.1) is 0 Å². The van der Waals surface area contributed by atoms with E-state index in [9.17, 15) is 4.79 Å². The van der Waals surface area contributed by atoms with Gasteiger partial charge < -0.3 is 14.1 Å². The molecule has 1 amide bonds. The lowest BCUT2D eigenvalue weighted by Gasteiger charge is -2.25. The van der Waals surface area contributed by atoms with Crippen LogP contribution in [-0.2, 0) is 11.3 Å². The first-order chi connectivity index (χ1) is 15.2. The van der Waals surface area contributed by atoms with Gasteiger partial charge in [-0.3, -0.25) is 9.36 Å². The van der Waals surface area contributed by atoms with E-state index < -0.39 is 0 Å². The second-order valence-corrected chi connectivity index (χ2v) is 8.76. The van der Waals surface area contributed by atoms with Crippen molar-refractivity contribution in [2.45, 2.75) is 49.8 Å². The molecule has 0 atom stereocenters. The Hall–Kier alpha value is -2.74. The van der Waals surface area contributed by atoms with Gasteiger partial charge in [0, 0.05) is 18.7 Å². The summed E-state index contributed by atoms with van der Waals surface area (Å²) < 4.78 is 12.9. The zero-order valence-electron chi connectivity index (χ0n) is 18.0. The summed E-state index contributed by atoms with van der Waals surface area (Å²) in [5.41, 5.74) is 1.01. The van der Waals surface area contributed by atoms with Crippen molar-refractivity contribution in [3.8, 4) is 17.1 Å². The minimum Gasteiger partial charge on any atom is -0.497 e. The molecule has 1 fully saturated rings. The number of methoxy groups -OCH3 is 1. The number of nitrogens with zero attached hydrogens (tertiary/aromatic N) is 4. The molecule has 2 heterocycles. The van der Waals surface area contributed by atoms with Gasteiger partial charge in [0.2, 0.25) is 5.91 Å². The van der Waals surface area contributed by atoms with Gasteiger partial charge in [0.1, 0.15) is 11.5 Å². The van der Waals surface area contributed by atoms with E-state index in [4.69, 9.17) is 9.15 Å². The summed E-state index contributed by atoms with van der Waals surface area (Å²) in [4.78, 5) is 14.3. The molecule has 0 unspecified atom stereocenters. The Balaban J connectivity index is 1.52. The van der Waals surface area contributed by atoms with Gasteiger partial charge in [-0.1, -0.05) is 31.0 Å². The highest BCUT2D eigenvalue weighted by Crippen LogP contribution is 2.36. The third kappa shape index (κ3) is 5.12. The zero-order chi connectivity index (χ0) is 21.6. The Morgan fingerprint density at radius 1 is 1.19 bits per heavy atom. The maximum absolute atomic E-state index is 12.7. The fourth-order valence-electron chi connectivity index (χ4n) is 3.94. The Morgan fingerprint density at radius 3 is 2.65 bits per heavy atom. The summed E-state index contributed by atoms with van der Waals surface area (Å²) in [5.74, 6) is 2.78. The Labute approximate surface area is 186 Å². The van der Waals surface area contributed by atoms with E-state index >= 15 is 0 Å². The van der Waals surface area contributed by atoms with Crippen molar-refractivity contribution in [2.75, 3.05) is 19.9 Å². The van der Waals surface area contributed by atoms with Crippen molar-refractivity contribution in [1.82, 2.24) is 19.7 Å². The van der Waals surface area contributed by atoms with Crippen LogP contribution in [0.1, 0.15) is 43.9 Å². The SMILES string of the molecule is COc1ccc(-c2nnc(SCC(=O)N(C)Cc3ccco3)n2C2CCCCC2)cc1. The van der Waals surface area contributed by atoms with Gasteiger partial charge >= 0.3 is 0 Å². The van der Waals surface area contributed by atoms with Crippen LogP contribution in [-0.4, -0.2) is 45.5 Å². The molecule has 8 heteroatoms. The first kappa shape index (κ1) is 21.5. The lowest BCUT2D eigenvalue weighted by molar-refractivity contribution is -0.127. The number of ether oxygens (including phenoxy) is 1. The summed E-state index contributed by atoms with van der Waals surface area (Å²) in [6.07, 6.45) is 7.53. The minimum atomic E-state index is 0.0330. The molecule has 0 aliphatic heterocycles. The van der Waals surface area contributed by atoms with E-state index in [1.165, 1.54) is 31.0 Å². The van der Waals surface area contributed by atoms with E-state index in [1.807, 2.05) is 36.4 Å². The first-order valence-corrected chi connectivity index (χ1v) is 11.6. The average molecular weight is 441 g/mol. The number of rotatable bonds is 8. The number of hydrogen-bond donors (Lipinski definition) is 0. The second-order valence-electron chi connectivity index (χ2n) is 7.81. The van der Waals surface area contributed by atoms with E-state index in [2.05, 4.69) is 14.8 Å². The third-order valence-corrected chi connectivity index (χ3v) is 6.60. The predicted molar refractivity (Wildman–Crippen MR) is 120 cm³/mol. The first-order valence-electron chi connectivity index (χ1n) is 10.6. The highest BCUT2D eigenvalue weighted by Gasteiger charge is 2.24. The van der Waals surface area contributed by atoms with E-state index in [0.717, 1.165) is 40.9 Å². The van der Waals surface area contributed by atoms with Gasteiger partial charge in [0.05, 0.1) is 25.7 Å². The van der Waals surface area contributed by atoms with E-state index in [-0.39, 0.29) is 5.91 Å². The number of aromatic nitrogens is 3. The van der Waals surface area contributed by atoms with Crippen molar-refractivity contribution in [2.24, 2.45) is 0 Å². The third-order valence-electron chi connectivity index (χ3n) is 5.68. The highest BCUT2D eigenvalue weighted by molar-refractivity contribution is 7.99. The molecule has 31 heavy (non-hydrogen) atoms. The molecular formula is C23H28N4O3S. The molecule has 164 valence electrons. The molecule has 7 nitrogen and oxygen atoms in total. The van der Waals surface area contributed by atoms with Gasteiger partial charge in [-0.15, -0.1) is 10.2 Å². The fraction of sp³-hybridized carbons (Fsp3) is 0.435. The molecule has 0 spiro atoms. The maximum atomic E-state index is 12.7. The topological polar surface area (TPSA) is 73.4 Å². The molecule has 3 aromatic rings. The molecule has 0 saturated heterocycles. The van der Waals surface area contributed by atoms with Gasteiger partial charge in [-0.25, -0.2) is 0 Å². The van der Waals surface area contributed by atoms with E-state index in [1.54, 1.807) is 25.3 Å². The van der Waals surface area contributed by atoms with E-state index in [0.29, 0.717) is 18.3 Å². The summed E-state index contributed by atoms with van der Waals surface area (Å²) in [7, 11) is 3.45. The molecule has 4 rings (SSSR count). The molecule has 1 saturated carbocycles. The van der Waals surface area contributed by atoms with Crippen LogP contribution in [0.3, 0.4) is 0 Å². The molecule has 0 radical (unpaired) electrons. The zero-order valence-corrected chi connectivity index (χ0v) is 18.8. The van der Waals surface area contributed by atoms with Crippen molar-refractivity contribution in [1.29, 1.82) is 0 Å². The number of hydrogen-bond acceptors (Lipinski definition) is 6. The van der Waals surface area contributed by atoms with Crippen LogP contribution in [0.15, 0.2) is 52.2 Å². The Kier molecular flexibility index (Phi) is 6.96. The Bertz CT molecular complexity index is 979. The minimum absolute atomic E-state index is 0.0330.